The number of anilines is 2. The minimum Gasteiger partial charge on any atom is -0.381 e. The number of hydrogen-bond donors (Lipinski definition) is 2. The maximum absolute atomic E-state index is 12.8. The molecule has 1 amide bonds. The Kier molecular flexibility index (Phi) is 4.97. The van der Waals surface area contributed by atoms with Crippen molar-refractivity contribution >= 4 is 28.7 Å². The Balaban J connectivity index is 1.77. The van der Waals surface area contributed by atoms with Crippen LogP contribution in [0.3, 0.4) is 0 Å². The number of primary amides is 1. The number of amides is 1. The number of nitrogens with one attached hydrogen (secondary N) is 1. The smallest absolute Gasteiger partial charge is 0.330 e. The highest BCUT2D eigenvalue weighted by Crippen LogP contribution is 2.26. The number of ether oxygens (including phenoxy) is 1. The van der Waals surface area contributed by atoms with Gasteiger partial charge in [0.2, 0.25) is 11.9 Å². The monoisotopic (exact) mass is 407 g/mol. The molecule has 0 unspecified atom stereocenters. The molecule has 4 rings (SSSR count). The van der Waals surface area contributed by atoms with E-state index in [9.17, 15) is 14.9 Å². The number of fused-ring (bicyclic) bond motifs is 1. The molecule has 30 heavy (non-hydrogen) atoms. The van der Waals surface area contributed by atoms with Gasteiger partial charge in [0, 0.05) is 32.0 Å². The number of benzene rings is 1. The summed E-state index contributed by atoms with van der Waals surface area (Å²) in [6, 6.07) is 5.09. The summed E-state index contributed by atoms with van der Waals surface area (Å²) in [7, 11) is 1.70. The van der Waals surface area contributed by atoms with Crippen molar-refractivity contribution in [3.8, 4) is 6.07 Å². The number of rotatable bonds is 4. The average molecular weight is 407 g/mol. The van der Waals surface area contributed by atoms with Crippen molar-refractivity contribution in [2.45, 2.75) is 25.8 Å². The molecule has 1 fully saturated rings. The molecule has 1 aliphatic heterocycles. The van der Waals surface area contributed by atoms with E-state index in [1.54, 1.807) is 36.9 Å². The van der Waals surface area contributed by atoms with Gasteiger partial charge in [-0.3, -0.25) is 13.9 Å². The Morgan fingerprint density at radius 1 is 1.37 bits per heavy atom. The zero-order valence-electron chi connectivity index (χ0n) is 16.7. The zero-order valence-corrected chi connectivity index (χ0v) is 16.7. The number of nitrogens with zero attached hydrogens (tertiary/aromatic N) is 5. The molecule has 2 aromatic heterocycles. The number of carbonyl (C=O) groups is 1. The first-order valence-electron chi connectivity index (χ1n) is 9.54. The predicted octanol–water partition coefficient (Wildman–Crippen LogP) is 1.50. The molecule has 0 atom stereocenters. The third-order valence-electron chi connectivity index (χ3n) is 5.39. The molecule has 10 nitrogen and oxygen atoms in total. The predicted molar refractivity (Wildman–Crippen MR) is 110 cm³/mol. The van der Waals surface area contributed by atoms with Gasteiger partial charge < -0.3 is 15.8 Å². The van der Waals surface area contributed by atoms with Crippen LogP contribution in [0.1, 0.15) is 40.4 Å². The molecule has 0 saturated carbocycles. The molecule has 0 spiro atoms. The van der Waals surface area contributed by atoms with E-state index in [2.05, 4.69) is 15.3 Å². The summed E-state index contributed by atoms with van der Waals surface area (Å²) in [5.74, 6) is -0.378. The first kappa shape index (κ1) is 19.6. The van der Waals surface area contributed by atoms with Crippen LogP contribution in [0.2, 0.25) is 0 Å². The van der Waals surface area contributed by atoms with Crippen LogP contribution in [-0.2, 0) is 11.8 Å². The molecule has 10 heteroatoms. The van der Waals surface area contributed by atoms with Crippen LogP contribution in [-0.4, -0.2) is 38.2 Å². The van der Waals surface area contributed by atoms with E-state index in [1.165, 1.54) is 4.57 Å². The van der Waals surface area contributed by atoms with Crippen LogP contribution in [0.15, 0.2) is 23.1 Å². The first-order chi connectivity index (χ1) is 14.4. The fourth-order valence-corrected chi connectivity index (χ4v) is 3.73. The molecule has 3 aromatic rings. The molecule has 0 aliphatic carbocycles. The minimum atomic E-state index is -0.663. The van der Waals surface area contributed by atoms with Crippen molar-refractivity contribution in [2.75, 3.05) is 18.5 Å². The van der Waals surface area contributed by atoms with Gasteiger partial charge >= 0.3 is 5.69 Å². The average Bonchev–Trinajstić information content (AvgIpc) is 2.99. The van der Waals surface area contributed by atoms with Crippen LogP contribution in [0.4, 0.5) is 11.6 Å². The van der Waals surface area contributed by atoms with Crippen LogP contribution >= 0.6 is 0 Å². The number of imidazole rings is 1. The van der Waals surface area contributed by atoms with Crippen molar-refractivity contribution in [1.82, 2.24) is 19.1 Å². The Morgan fingerprint density at radius 2 is 2.10 bits per heavy atom. The topological polar surface area (TPSA) is 141 Å². The van der Waals surface area contributed by atoms with Crippen molar-refractivity contribution in [1.29, 1.82) is 5.26 Å². The molecule has 1 aromatic carbocycles. The van der Waals surface area contributed by atoms with E-state index in [-0.39, 0.29) is 28.8 Å². The Morgan fingerprint density at radius 3 is 2.77 bits per heavy atom. The molecule has 1 saturated heterocycles. The lowest BCUT2D eigenvalue weighted by Gasteiger charge is -2.22. The highest BCUT2D eigenvalue weighted by molar-refractivity contribution is 5.96. The van der Waals surface area contributed by atoms with Crippen LogP contribution in [0.25, 0.3) is 11.2 Å². The lowest BCUT2D eigenvalue weighted by Crippen LogP contribution is -2.30. The summed E-state index contributed by atoms with van der Waals surface area (Å²) in [6.45, 7) is 2.99. The molecule has 154 valence electrons. The van der Waals surface area contributed by atoms with E-state index in [1.807, 2.05) is 6.07 Å². The lowest BCUT2D eigenvalue weighted by atomic mass is 10.0. The largest absolute Gasteiger partial charge is 0.381 e. The Hall–Kier alpha value is -3.71. The summed E-state index contributed by atoms with van der Waals surface area (Å²) in [5.41, 5.74) is 7.99. The number of hydrogen-bond acceptors (Lipinski definition) is 7. The number of nitriles is 1. The van der Waals surface area contributed by atoms with Gasteiger partial charge in [0.25, 0.3) is 0 Å². The van der Waals surface area contributed by atoms with Crippen molar-refractivity contribution in [2.24, 2.45) is 12.8 Å². The third-order valence-corrected chi connectivity index (χ3v) is 5.39. The zero-order chi connectivity index (χ0) is 21.4. The van der Waals surface area contributed by atoms with E-state index >= 15 is 0 Å². The maximum atomic E-state index is 12.8. The number of carbonyl (C=O) groups excluding carboxylic acids is 1. The van der Waals surface area contributed by atoms with Gasteiger partial charge in [-0.25, -0.2) is 9.78 Å². The molecular formula is C20H21N7O3. The summed E-state index contributed by atoms with van der Waals surface area (Å²) in [6.07, 6.45) is 3.08. The number of nitrogens with two attached hydrogens (primary N) is 1. The minimum absolute atomic E-state index is 0.0134. The second kappa shape index (κ2) is 7.61. The van der Waals surface area contributed by atoms with Crippen LogP contribution in [0, 0.1) is 18.3 Å². The third kappa shape index (κ3) is 3.29. The van der Waals surface area contributed by atoms with Gasteiger partial charge in [-0.05, 0) is 37.5 Å². The van der Waals surface area contributed by atoms with Crippen LogP contribution < -0.4 is 16.7 Å². The van der Waals surface area contributed by atoms with Gasteiger partial charge in [0.05, 0.1) is 17.3 Å². The summed E-state index contributed by atoms with van der Waals surface area (Å²) in [4.78, 5) is 33.3. The van der Waals surface area contributed by atoms with Crippen molar-refractivity contribution < 1.29 is 9.53 Å². The van der Waals surface area contributed by atoms with E-state index in [0.717, 1.165) is 12.8 Å². The molecule has 0 radical (unpaired) electrons. The first-order valence-corrected chi connectivity index (χ1v) is 9.54. The standard InChI is InChI=1S/C20H21N7O3/c1-11-7-14(17(22)28)12(9-21)8-15(11)24-19-23-10-16-18(25-19)27(20(29)26(16)2)13-3-5-30-6-4-13/h7-8,10,13H,3-6H2,1-2H3,(H2,22,28)(H,23,24,25). The van der Waals surface area contributed by atoms with E-state index < -0.39 is 5.91 Å². The van der Waals surface area contributed by atoms with Gasteiger partial charge in [0.1, 0.15) is 11.6 Å². The highest BCUT2D eigenvalue weighted by atomic mass is 16.5. The Bertz CT molecular complexity index is 1250. The van der Waals surface area contributed by atoms with Crippen LogP contribution in [0.5, 0.6) is 0 Å². The molecule has 0 bridgehead atoms. The summed E-state index contributed by atoms with van der Waals surface area (Å²) in [5, 5.41) is 12.4. The Labute approximate surface area is 171 Å². The quantitative estimate of drug-likeness (QED) is 0.667. The van der Waals surface area contributed by atoms with Crippen molar-refractivity contribution in [3.63, 3.8) is 0 Å². The van der Waals surface area contributed by atoms with E-state index in [4.69, 9.17) is 10.5 Å². The SMILES string of the molecule is Cc1cc(C(N)=O)c(C#N)cc1Nc1ncc2c(n1)n(C1CCOCC1)c(=O)n2C. The van der Waals surface area contributed by atoms with Gasteiger partial charge in [-0.15, -0.1) is 0 Å². The normalized spacial score (nSPS) is 14.6. The van der Waals surface area contributed by atoms with E-state index in [0.29, 0.717) is 35.6 Å². The fraction of sp³-hybridized carbons (Fsp3) is 0.350. The summed E-state index contributed by atoms with van der Waals surface area (Å²) >= 11 is 0. The number of aryl methyl sites for hydroxylation is 2. The number of aromatic nitrogens is 4. The molecular weight excluding hydrogens is 386 g/mol. The molecule has 3 N–H and O–H groups in total. The second-order valence-electron chi connectivity index (χ2n) is 7.27. The maximum Gasteiger partial charge on any atom is 0.330 e. The fourth-order valence-electron chi connectivity index (χ4n) is 3.73. The van der Waals surface area contributed by atoms with Gasteiger partial charge in [0.15, 0.2) is 5.65 Å². The van der Waals surface area contributed by atoms with Gasteiger partial charge in [-0.1, -0.05) is 0 Å². The lowest BCUT2D eigenvalue weighted by molar-refractivity contribution is 0.0695. The second-order valence-corrected chi connectivity index (χ2v) is 7.27. The van der Waals surface area contributed by atoms with Gasteiger partial charge in [-0.2, -0.15) is 10.2 Å². The summed E-state index contributed by atoms with van der Waals surface area (Å²) < 4.78 is 8.66. The molecule has 1 aliphatic rings. The molecule has 3 heterocycles. The van der Waals surface area contributed by atoms with Crippen molar-refractivity contribution in [3.05, 3.63) is 45.5 Å². The highest BCUT2D eigenvalue weighted by Gasteiger charge is 2.23.